The van der Waals surface area contributed by atoms with Crippen molar-refractivity contribution >= 4 is 0 Å². The summed E-state index contributed by atoms with van der Waals surface area (Å²) in [5.41, 5.74) is 1.47. The van der Waals surface area contributed by atoms with E-state index in [0.717, 1.165) is 5.56 Å². The third-order valence-electron chi connectivity index (χ3n) is 2.85. The summed E-state index contributed by atoms with van der Waals surface area (Å²) in [4.78, 5) is 16.1. The molecule has 0 aromatic carbocycles. The average molecular weight is 255 g/mol. The Balaban J connectivity index is 2.34. The second kappa shape index (κ2) is 5.36. The predicted octanol–water partition coefficient (Wildman–Crippen LogP) is 1.48. The molecule has 96 valence electrons. The van der Waals surface area contributed by atoms with Gasteiger partial charge in [0.1, 0.15) is 11.6 Å². The lowest BCUT2D eigenvalue weighted by Crippen LogP contribution is -2.23. The lowest BCUT2D eigenvalue weighted by Gasteiger charge is -2.07. The third-order valence-corrected chi connectivity index (χ3v) is 2.85. The summed E-state index contributed by atoms with van der Waals surface area (Å²) in [5, 5.41) is 8.97. The van der Waals surface area contributed by atoms with Crippen molar-refractivity contribution in [3.05, 3.63) is 57.6 Å². The average Bonchev–Trinajstić information content (AvgIpc) is 2.43. The molecule has 0 bridgehead atoms. The molecule has 0 saturated heterocycles. The van der Waals surface area contributed by atoms with E-state index in [1.54, 1.807) is 38.6 Å². The number of rotatable bonds is 3. The molecule has 0 N–H and O–H groups in total. The molecule has 2 aromatic heterocycles. The van der Waals surface area contributed by atoms with E-state index in [9.17, 15) is 4.79 Å². The quantitative estimate of drug-likeness (QED) is 0.833. The minimum absolute atomic E-state index is 0.184. The Labute approximate surface area is 110 Å². The van der Waals surface area contributed by atoms with Crippen LogP contribution >= 0.6 is 0 Å². The van der Waals surface area contributed by atoms with Gasteiger partial charge < -0.3 is 9.30 Å². The van der Waals surface area contributed by atoms with Gasteiger partial charge in [-0.1, -0.05) is 6.07 Å². The van der Waals surface area contributed by atoms with Crippen molar-refractivity contribution in [2.75, 3.05) is 7.11 Å². The van der Waals surface area contributed by atoms with Crippen LogP contribution in [0.1, 0.15) is 16.7 Å². The first-order valence-corrected chi connectivity index (χ1v) is 5.74. The van der Waals surface area contributed by atoms with Crippen LogP contribution in [-0.4, -0.2) is 16.7 Å². The molecular weight excluding hydrogens is 242 g/mol. The van der Waals surface area contributed by atoms with Crippen molar-refractivity contribution in [2.45, 2.75) is 13.5 Å². The Morgan fingerprint density at radius 3 is 2.79 bits per heavy atom. The van der Waals surface area contributed by atoms with Crippen LogP contribution in [0, 0.1) is 18.3 Å². The summed E-state index contributed by atoms with van der Waals surface area (Å²) in [7, 11) is 1.55. The second-order valence-corrected chi connectivity index (χ2v) is 4.13. The van der Waals surface area contributed by atoms with E-state index in [4.69, 9.17) is 10.00 Å². The number of nitriles is 1. The molecule has 0 radical (unpaired) electrons. The van der Waals surface area contributed by atoms with Crippen molar-refractivity contribution < 1.29 is 4.74 Å². The minimum Gasteiger partial charge on any atom is -0.481 e. The molecular formula is C14H13N3O2. The minimum atomic E-state index is -0.279. The zero-order valence-corrected chi connectivity index (χ0v) is 10.8. The fourth-order valence-electron chi connectivity index (χ4n) is 1.75. The van der Waals surface area contributed by atoms with Crippen LogP contribution in [0.2, 0.25) is 0 Å². The van der Waals surface area contributed by atoms with Gasteiger partial charge in [0.15, 0.2) is 0 Å². The first-order valence-electron chi connectivity index (χ1n) is 5.74. The van der Waals surface area contributed by atoms with Crippen LogP contribution in [0.5, 0.6) is 5.88 Å². The van der Waals surface area contributed by atoms with Crippen molar-refractivity contribution in [1.29, 1.82) is 5.26 Å². The molecule has 0 aliphatic carbocycles. The fraction of sp³-hybridized carbons (Fsp3) is 0.214. The highest BCUT2D eigenvalue weighted by Gasteiger charge is 2.07. The number of ether oxygens (including phenoxy) is 1. The maximum atomic E-state index is 12.0. The van der Waals surface area contributed by atoms with Gasteiger partial charge in [0.25, 0.3) is 5.56 Å². The summed E-state index contributed by atoms with van der Waals surface area (Å²) in [6.45, 7) is 2.13. The van der Waals surface area contributed by atoms with Crippen LogP contribution in [0.25, 0.3) is 0 Å². The van der Waals surface area contributed by atoms with Gasteiger partial charge in [-0.05, 0) is 24.1 Å². The number of hydrogen-bond acceptors (Lipinski definition) is 4. The summed E-state index contributed by atoms with van der Waals surface area (Å²) < 4.78 is 6.47. The largest absolute Gasteiger partial charge is 0.481 e. The summed E-state index contributed by atoms with van der Waals surface area (Å²) in [6.07, 6.45) is 3.33. The smallest absolute Gasteiger partial charge is 0.269 e. The molecule has 0 spiro atoms. The number of nitrogens with zero attached hydrogens (tertiary/aromatic N) is 3. The van der Waals surface area contributed by atoms with Crippen molar-refractivity contribution in [2.24, 2.45) is 0 Å². The molecule has 2 rings (SSSR count). The van der Waals surface area contributed by atoms with E-state index in [1.165, 1.54) is 4.57 Å². The topological polar surface area (TPSA) is 67.9 Å². The van der Waals surface area contributed by atoms with Gasteiger partial charge in [-0.3, -0.25) is 4.79 Å². The monoisotopic (exact) mass is 255 g/mol. The summed E-state index contributed by atoms with van der Waals surface area (Å²) >= 11 is 0. The SMILES string of the molecule is COc1ccc(Cn2ccc(C)c(C#N)c2=O)cn1. The molecule has 0 amide bonds. The van der Waals surface area contributed by atoms with Gasteiger partial charge in [-0.2, -0.15) is 5.26 Å². The van der Waals surface area contributed by atoms with Crippen LogP contribution < -0.4 is 10.3 Å². The molecule has 0 aliphatic heterocycles. The molecule has 2 aromatic rings. The van der Waals surface area contributed by atoms with Crippen molar-refractivity contribution in [1.82, 2.24) is 9.55 Å². The van der Waals surface area contributed by atoms with Crippen molar-refractivity contribution in [3.63, 3.8) is 0 Å². The number of aryl methyl sites for hydroxylation is 1. The Hall–Kier alpha value is -2.61. The summed E-state index contributed by atoms with van der Waals surface area (Å²) in [5.74, 6) is 0.526. The van der Waals surface area contributed by atoms with E-state index in [2.05, 4.69) is 4.98 Å². The Kier molecular flexibility index (Phi) is 3.62. The predicted molar refractivity (Wildman–Crippen MR) is 70.0 cm³/mol. The Bertz CT molecular complexity index is 681. The standard InChI is InChI=1S/C14H13N3O2/c1-10-5-6-17(14(18)12(10)7-15)9-11-3-4-13(19-2)16-8-11/h3-6,8H,9H2,1-2H3. The maximum Gasteiger partial charge on any atom is 0.269 e. The number of aromatic nitrogens is 2. The lowest BCUT2D eigenvalue weighted by molar-refractivity contribution is 0.397. The number of hydrogen-bond donors (Lipinski definition) is 0. The molecule has 0 unspecified atom stereocenters. The number of pyridine rings is 2. The zero-order chi connectivity index (χ0) is 13.8. The lowest BCUT2D eigenvalue weighted by atomic mass is 10.1. The molecule has 0 aliphatic rings. The molecule has 0 atom stereocenters. The highest BCUT2D eigenvalue weighted by molar-refractivity contribution is 5.34. The Morgan fingerprint density at radius 1 is 1.42 bits per heavy atom. The number of methoxy groups -OCH3 is 1. The van der Waals surface area contributed by atoms with Crippen molar-refractivity contribution in [3.8, 4) is 11.9 Å². The van der Waals surface area contributed by atoms with E-state index < -0.39 is 0 Å². The highest BCUT2D eigenvalue weighted by atomic mass is 16.5. The van der Waals surface area contributed by atoms with Gasteiger partial charge in [-0.25, -0.2) is 4.98 Å². The Morgan fingerprint density at radius 2 is 2.21 bits per heavy atom. The molecule has 19 heavy (non-hydrogen) atoms. The third kappa shape index (κ3) is 2.63. The normalized spacial score (nSPS) is 9.95. The van der Waals surface area contributed by atoms with Gasteiger partial charge in [0.2, 0.25) is 5.88 Å². The van der Waals surface area contributed by atoms with Gasteiger partial charge >= 0.3 is 0 Å². The molecule has 5 heteroatoms. The summed E-state index contributed by atoms with van der Waals surface area (Å²) in [6, 6.07) is 7.27. The molecule has 0 fully saturated rings. The maximum absolute atomic E-state index is 12.0. The van der Waals surface area contributed by atoms with E-state index >= 15 is 0 Å². The fourth-order valence-corrected chi connectivity index (χ4v) is 1.75. The zero-order valence-electron chi connectivity index (χ0n) is 10.8. The highest BCUT2D eigenvalue weighted by Crippen LogP contribution is 2.08. The first-order chi connectivity index (χ1) is 9.15. The van der Waals surface area contributed by atoms with Gasteiger partial charge in [0, 0.05) is 18.5 Å². The van der Waals surface area contributed by atoms with Crippen LogP contribution in [-0.2, 0) is 6.54 Å². The first kappa shape index (κ1) is 12.8. The van der Waals surface area contributed by atoms with E-state index in [0.29, 0.717) is 18.0 Å². The van der Waals surface area contributed by atoms with Gasteiger partial charge in [0.05, 0.1) is 13.7 Å². The molecule has 2 heterocycles. The van der Waals surface area contributed by atoms with E-state index in [1.807, 2.05) is 12.1 Å². The molecule has 0 saturated carbocycles. The van der Waals surface area contributed by atoms with Crippen LogP contribution in [0.4, 0.5) is 0 Å². The second-order valence-electron chi connectivity index (χ2n) is 4.13. The van der Waals surface area contributed by atoms with Crippen LogP contribution in [0.15, 0.2) is 35.4 Å². The van der Waals surface area contributed by atoms with E-state index in [-0.39, 0.29) is 11.1 Å². The van der Waals surface area contributed by atoms with Gasteiger partial charge in [-0.15, -0.1) is 0 Å². The molecule has 5 nitrogen and oxygen atoms in total. The van der Waals surface area contributed by atoms with Crippen LogP contribution in [0.3, 0.4) is 0 Å².